The van der Waals surface area contributed by atoms with Crippen molar-refractivity contribution in [3.05, 3.63) is 52.3 Å². The Morgan fingerprint density at radius 3 is 2.71 bits per heavy atom. The second-order valence-electron chi connectivity index (χ2n) is 11.0. The number of fused-ring (bicyclic) bond motifs is 3. The first-order valence-corrected chi connectivity index (χ1v) is 12.4. The lowest BCUT2D eigenvalue weighted by atomic mass is 9.84. The van der Waals surface area contributed by atoms with Crippen molar-refractivity contribution in [2.24, 2.45) is 5.92 Å². The topological polar surface area (TPSA) is 99.8 Å². The third kappa shape index (κ3) is 3.73. The van der Waals surface area contributed by atoms with Crippen molar-refractivity contribution in [1.29, 1.82) is 0 Å². The number of imidazole rings is 1. The van der Waals surface area contributed by atoms with E-state index in [1.807, 2.05) is 20.0 Å². The molecule has 184 valence electrons. The van der Waals surface area contributed by atoms with E-state index in [2.05, 4.69) is 24.1 Å². The molecule has 3 aliphatic rings. The predicted octanol–water partition coefficient (Wildman–Crippen LogP) is 3.72. The summed E-state index contributed by atoms with van der Waals surface area (Å²) in [6.07, 6.45) is 9.17. The number of rotatable bonds is 6. The molecule has 1 amide bonds. The van der Waals surface area contributed by atoms with Gasteiger partial charge < -0.3 is 19.4 Å². The fourth-order valence-corrected chi connectivity index (χ4v) is 5.62. The number of nitrogens with zero attached hydrogens (tertiary/aromatic N) is 4. The molecule has 0 spiro atoms. The van der Waals surface area contributed by atoms with Crippen LogP contribution in [-0.4, -0.2) is 43.2 Å². The van der Waals surface area contributed by atoms with E-state index in [9.17, 15) is 9.59 Å². The number of hydrogen-bond donors (Lipinski definition) is 1. The summed E-state index contributed by atoms with van der Waals surface area (Å²) in [6, 6.07) is 3.61. The van der Waals surface area contributed by atoms with Gasteiger partial charge in [-0.3, -0.25) is 14.0 Å². The lowest BCUT2D eigenvalue weighted by Crippen LogP contribution is -2.26. The van der Waals surface area contributed by atoms with Gasteiger partial charge >= 0.3 is 0 Å². The smallest absolute Gasteiger partial charge is 0.274 e. The summed E-state index contributed by atoms with van der Waals surface area (Å²) < 4.78 is 15.4. The summed E-state index contributed by atoms with van der Waals surface area (Å²) in [5.41, 5.74) is 1.03. The molecule has 1 saturated heterocycles. The van der Waals surface area contributed by atoms with Crippen molar-refractivity contribution in [1.82, 2.24) is 18.9 Å². The second kappa shape index (κ2) is 7.65. The highest BCUT2D eigenvalue weighted by Gasteiger charge is 2.55. The van der Waals surface area contributed by atoms with Crippen LogP contribution in [0.25, 0.3) is 5.78 Å². The highest BCUT2D eigenvalue weighted by Crippen LogP contribution is 2.53. The van der Waals surface area contributed by atoms with Gasteiger partial charge in [0.05, 0.1) is 24.0 Å². The van der Waals surface area contributed by atoms with E-state index < -0.39 is 5.91 Å². The molecular formula is C26H31N5O4. The Bertz CT molecular complexity index is 1380. The average Bonchev–Trinajstić information content (AvgIpc) is 3.12. The third-order valence-corrected chi connectivity index (χ3v) is 7.74. The number of carbonyl (C=O) groups is 1. The van der Waals surface area contributed by atoms with Gasteiger partial charge in [0.25, 0.3) is 11.5 Å². The molecule has 0 aromatic carbocycles. The lowest BCUT2D eigenvalue weighted by molar-refractivity contribution is -0.00627. The maximum atomic E-state index is 13.4. The lowest BCUT2D eigenvalue weighted by Gasteiger charge is -2.24. The molecule has 1 N–H and O–H groups in total. The molecule has 9 heteroatoms. The number of amides is 1. The molecule has 3 fully saturated rings. The van der Waals surface area contributed by atoms with Gasteiger partial charge in [-0.25, -0.2) is 4.98 Å². The zero-order valence-corrected chi connectivity index (χ0v) is 20.6. The molecule has 0 radical (unpaired) electrons. The standard InChI is InChI=1S/C26H31N5O4/c1-15(2)35-22-17(21(32)27-18-6-5-9-31(23(18)33)19-10-16(19)3)11-30-12-20(28-24(30)29-22)26-8-7-25(4,13-26)34-14-26/h5-6,9,11-12,15-16,19H,7-8,10,13-14H2,1-4H3,(H,27,32)/t16-,19-,25+,26+/m0/s1. The maximum absolute atomic E-state index is 13.4. The minimum Gasteiger partial charge on any atom is -0.474 e. The zero-order valence-electron chi connectivity index (χ0n) is 20.6. The third-order valence-electron chi connectivity index (χ3n) is 7.74. The van der Waals surface area contributed by atoms with Gasteiger partial charge in [0.2, 0.25) is 11.7 Å². The monoisotopic (exact) mass is 477 g/mol. The Labute approximate surface area is 203 Å². The van der Waals surface area contributed by atoms with Gasteiger partial charge in [-0.1, -0.05) is 6.92 Å². The van der Waals surface area contributed by atoms with Gasteiger partial charge in [-0.2, -0.15) is 4.98 Å². The van der Waals surface area contributed by atoms with E-state index in [4.69, 9.17) is 14.5 Å². The molecule has 2 saturated carbocycles. The van der Waals surface area contributed by atoms with Crippen LogP contribution in [-0.2, 0) is 10.2 Å². The van der Waals surface area contributed by atoms with Crippen LogP contribution in [0.5, 0.6) is 5.88 Å². The van der Waals surface area contributed by atoms with E-state index in [1.165, 1.54) is 0 Å². The van der Waals surface area contributed by atoms with Crippen LogP contribution in [0.1, 0.15) is 75.5 Å². The summed E-state index contributed by atoms with van der Waals surface area (Å²) in [5.74, 6) is 0.700. The normalized spacial score (nSPS) is 29.2. The first-order chi connectivity index (χ1) is 16.7. The molecule has 4 atom stereocenters. The number of aromatic nitrogens is 4. The summed E-state index contributed by atoms with van der Waals surface area (Å²) in [5, 5.41) is 2.79. The van der Waals surface area contributed by atoms with E-state index >= 15 is 0 Å². The molecule has 0 unspecified atom stereocenters. The van der Waals surface area contributed by atoms with Crippen LogP contribution in [0.3, 0.4) is 0 Å². The fourth-order valence-electron chi connectivity index (χ4n) is 5.62. The van der Waals surface area contributed by atoms with Gasteiger partial charge in [0, 0.05) is 30.0 Å². The molecule has 1 aliphatic heterocycles. The summed E-state index contributed by atoms with van der Waals surface area (Å²) in [7, 11) is 0. The van der Waals surface area contributed by atoms with Gasteiger partial charge in [0.15, 0.2) is 0 Å². The minimum atomic E-state index is -0.445. The van der Waals surface area contributed by atoms with Crippen molar-refractivity contribution in [2.75, 3.05) is 11.9 Å². The second-order valence-corrected chi connectivity index (χ2v) is 11.0. The van der Waals surface area contributed by atoms with E-state index in [0.717, 1.165) is 31.4 Å². The molecule has 4 heterocycles. The predicted molar refractivity (Wildman–Crippen MR) is 130 cm³/mol. The molecule has 3 aromatic heterocycles. The highest BCUT2D eigenvalue weighted by molar-refractivity contribution is 6.05. The summed E-state index contributed by atoms with van der Waals surface area (Å²) in [4.78, 5) is 35.7. The molecular weight excluding hydrogens is 446 g/mol. The van der Waals surface area contributed by atoms with Gasteiger partial charge in [-0.05, 0) is 64.5 Å². The highest BCUT2D eigenvalue weighted by atomic mass is 16.5. The quantitative estimate of drug-likeness (QED) is 0.581. The molecule has 2 aliphatic carbocycles. The van der Waals surface area contributed by atoms with Gasteiger partial charge in [-0.15, -0.1) is 0 Å². The first-order valence-electron chi connectivity index (χ1n) is 12.4. The van der Waals surface area contributed by atoms with Crippen LogP contribution >= 0.6 is 0 Å². The minimum absolute atomic E-state index is 0.0823. The van der Waals surface area contributed by atoms with Crippen molar-refractivity contribution in [3.8, 4) is 5.88 Å². The Hall–Kier alpha value is -3.20. The van der Waals surface area contributed by atoms with E-state index in [1.54, 1.807) is 33.5 Å². The van der Waals surface area contributed by atoms with Crippen LogP contribution in [0.15, 0.2) is 35.5 Å². The number of nitrogens with one attached hydrogen (secondary N) is 1. The number of hydrogen-bond acceptors (Lipinski definition) is 6. The maximum Gasteiger partial charge on any atom is 0.274 e. The van der Waals surface area contributed by atoms with E-state index in [0.29, 0.717) is 18.3 Å². The first kappa shape index (κ1) is 22.3. The molecule has 2 bridgehead atoms. The van der Waals surface area contributed by atoms with Crippen LogP contribution in [0, 0.1) is 5.92 Å². The van der Waals surface area contributed by atoms with Crippen molar-refractivity contribution < 1.29 is 14.3 Å². The Kier molecular flexibility index (Phi) is 4.87. The molecule has 3 aromatic rings. The van der Waals surface area contributed by atoms with Crippen molar-refractivity contribution >= 4 is 17.4 Å². The number of anilines is 1. The number of pyridine rings is 1. The zero-order chi connectivity index (χ0) is 24.5. The Balaban J connectivity index is 1.35. The molecule has 9 nitrogen and oxygen atoms in total. The fraction of sp³-hybridized carbons (Fsp3) is 0.538. The Morgan fingerprint density at radius 2 is 2.09 bits per heavy atom. The molecule has 35 heavy (non-hydrogen) atoms. The number of ether oxygens (including phenoxy) is 2. The number of carbonyl (C=O) groups excluding carboxylic acids is 1. The van der Waals surface area contributed by atoms with Crippen molar-refractivity contribution in [2.45, 2.75) is 76.5 Å². The average molecular weight is 478 g/mol. The van der Waals surface area contributed by atoms with Crippen LogP contribution in [0.4, 0.5) is 5.69 Å². The van der Waals surface area contributed by atoms with Gasteiger partial charge in [0.1, 0.15) is 11.3 Å². The molecule has 6 rings (SSSR count). The summed E-state index contributed by atoms with van der Waals surface area (Å²) >= 11 is 0. The SMILES string of the molecule is CC(C)Oc1nc2nc([C@]34CC[C@](C)(C3)OC4)cn2cc1C(=O)Nc1cccn([C@H]2C[C@@H]2C)c1=O. The Morgan fingerprint density at radius 1 is 1.29 bits per heavy atom. The van der Waals surface area contributed by atoms with E-state index in [-0.39, 0.29) is 45.9 Å². The van der Waals surface area contributed by atoms with Crippen LogP contribution in [0.2, 0.25) is 0 Å². The van der Waals surface area contributed by atoms with Crippen LogP contribution < -0.4 is 15.6 Å². The van der Waals surface area contributed by atoms with Crippen molar-refractivity contribution in [3.63, 3.8) is 0 Å². The largest absolute Gasteiger partial charge is 0.474 e. The summed E-state index contributed by atoms with van der Waals surface area (Å²) in [6.45, 7) is 8.68.